The number of pyridine rings is 1. The van der Waals surface area contributed by atoms with Crippen molar-refractivity contribution >= 4 is 22.6 Å². The zero-order valence-corrected chi connectivity index (χ0v) is 14.9. The quantitative estimate of drug-likeness (QED) is 0.588. The minimum absolute atomic E-state index is 0.250. The standard InChI is InChI=1S/C21H17FN4O/c1-13-11-18(17-5-3-4-6-19(17)23-13)21(27)24-20-12-14(2)25-26(20)16-9-7-15(22)8-10-16/h3-12H,1-2H3,(H,24,27). The van der Waals surface area contributed by atoms with E-state index in [-0.39, 0.29) is 11.7 Å². The molecule has 134 valence electrons. The molecular weight excluding hydrogens is 343 g/mol. The van der Waals surface area contributed by atoms with Gasteiger partial charge in [0.25, 0.3) is 5.91 Å². The van der Waals surface area contributed by atoms with Crippen LogP contribution < -0.4 is 5.32 Å². The fourth-order valence-corrected chi connectivity index (χ4v) is 3.05. The molecule has 6 heteroatoms. The average Bonchev–Trinajstić information content (AvgIpc) is 3.01. The lowest BCUT2D eigenvalue weighted by Crippen LogP contribution is -2.16. The molecule has 1 amide bonds. The van der Waals surface area contributed by atoms with E-state index in [0.29, 0.717) is 17.1 Å². The molecule has 0 aliphatic rings. The van der Waals surface area contributed by atoms with Gasteiger partial charge in [0.05, 0.1) is 22.5 Å². The number of fused-ring (bicyclic) bond motifs is 1. The number of nitrogens with zero attached hydrogens (tertiary/aromatic N) is 3. The monoisotopic (exact) mass is 360 g/mol. The van der Waals surface area contributed by atoms with Crippen LogP contribution in [0.25, 0.3) is 16.6 Å². The van der Waals surface area contributed by atoms with E-state index < -0.39 is 0 Å². The number of carbonyl (C=O) groups is 1. The van der Waals surface area contributed by atoms with E-state index in [1.54, 1.807) is 28.9 Å². The number of anilines is 1. The third-order valence-electron chi connectivity index (χ3n) is 4.23. The Labute approximate surface area is 155 Å². The Hall–Kier alpha value is -3.54. The summed E-state index contributed by atoms with van der Waals surface area (Å²) in [6.07, 6.45) is 0. The van der Waals surface area contributed by atoms with Crippen LogP contribution in [-0.4, -0.2) is 20.7 Å². The summed E-state index contributed by atoms with van der Waals surface area (Å²) in [5.74, 6) is -0.0606. The molecule has 0 aliphatic carbocycles. The Morgan fingerprint density at radius 1 is 1.00 bits per heavy atom. The van der Waals surface area contributed by atoms with E-state index >= 15 is 0 Å². The van der Waals surface area contributed by atoms with Crippen molar-refractivity contribution < 1.29 is 9.18 Å². The predicted molar refractivity (Wildman–Crippen MR) is 103 cm³/mol. The Morgan fingerprint density at radius 3 is 2.52 bits per heavy atom. The Kier molecular flexibility index (Phi) is 4.16. The number of nitrogens with one attached hydrogen (secondary N) is 1. The normalized spacial score (nSPS) is 10.9. The molecule has 5 nitrogen and oxygen atoms in total. The molecule has 27 heavy (non-hydrogen) atoms. The van der Waals surface area contributed by atoms with Gasteiger partial charge in [-0.05, 0) is 50.2 Å². The van der Waals surface area contributed by atoms with E-state index in [9.17, 15) is 9.18 Å². The molecule has 2 heterocycles. The van der Waals surface area contributed by atoms with E-state index in [4.69, 9.17) is 0 Å². The minimum atomic E-state index is -0.327. The first-order valence-corrected chi connectivity index (χ1v) is 8.51. The summed E-state index contributed by atoms with van der Waals surface area (Å²) in [6.45, 7) is 3.69. The molecule has 2 aromatic heterocycles. The molecule has 0 unspecified atom stereocenters. The fourth-order valence-electron chi connectivity index (χ4n) is 3.05. The second-order valence-corrected chi connectivity index (χ2v) is 6.34. The number of rotatable bonds is 3. The number of aromatic nitrogens is 3. The van der Waals surface area contributed by atoms with Crippen molar-refractivity contribution in [2.45, 2.75) is 13.8 Å². The number of para-hydroxylation sites is 1. The van der Waals surface area contributed by atoms with Crippen LogP contribution in [0.2, 0.25) is 0 Å². The molecule has 0 aliphatic heterocycles. The number of hydrogen-bond donors (Lipinski definition) is 1. The maximum absolute atomic E-state index is 13.2. The van der Waals surface area contributed by atoms with Crippen LogP contribution in [0.15, 0.2) is 60.7 Å². The Balaban J connectivity index is 1.74. The van der Waals surface area contributed by atoms with Gasteiger partial charge in [0.15, 0.2) is 0 Å². The molecule has 0 saturated carbocycles. The van der Waals surface area contributed by atoms with Crippen LogP contribution in [0, 0.1) is 19.7 Å². The van der Waals surface area contributed by atoms with E-state index in [0.717, 1.165) is 22.3 Å². The largest absolute Gasteiger partial charge is 0.306 e. The van der Waals surface area contributed by atoms with Gasteiger partial charge in [0.1, 0.15) is 11.6 Å². The first-order chi connectivity index (χ1) is 13.0. The Bertz CT molecular complexity index is 1150. The first kappa shape index (κ1) is 16.9. The highest BCUT2D eigenvalue weighted by Gasteiger charge is 2.15. The first-order valence-electron chi connectivity index (χ1n) is 8.51. The van der Waals surface area contributed by atoms with Gasteiger partial charge < -0.3 is 5.32 Å². The lowest BCUT2D eigenvalue weighted by Gasteiger charge is -2.11. The molecule has 4 rings (SSSR count). The van der Waals surface area contributed by atoms with Crippen molar-refractivity contribution in [3.8, 4) is 5.69 Å². The van der Waals surface area contributed by atoms with Crippen molar-refractivity contribution in [2.24, 2.45) is 0 Å². The number of amides is 1. The lowest BCUT2D eigenvalue weighted by molar-refractivity contribution is 0.102. The summed E-state index contributed by atoms with van der Waals surface area (Å²) in [5.41, 5.74) is 3.48. The fraction of sp³-hybridized carbons (Fsp3) is 0.0952. The SMILES string of the molecule is Cc1cc(C(=O)Nc2cc(C)nn2-c2ccc(F)cc2)c2ccccc2n1. The number of carbonyl (C=O) groups excluding carboxylic acids is 1. The van der Waals surface area contributed by atoms with Gasteiger partial charge in [-0.2, -0.15) is 5.10 Å². The second-order valence-electron chi connectivity index (χ2n) is 6.34. The summed E-state index contributed by atoms with van der Waals surface area (Å²) in [4.78, 5) is 17.5. The minimum Gasteiger partial charge on any atom is -0.306 e. The molecule has 0 spiro atoms. The predicted octanol–water partition coefficient (Wildman–Crippen LogP) is 4.43. The van der Waals surface area contributed by atoms with Crippen LogP contribution in [0.5, 0.6) is 0 Å². The van der Waals surface area contributed by atoms with Gasteiger partial charge in [0.2, 0.25) is 0 Å². The molecule has 0 atom stereocenters. The Morgan fingerprint density at radius 2 is 1.74 bits per heavy atom. The van der Waals surface area contributed by atoms with Crippen molar-refractivity contribution in [2.75, 3.05) is 5.32 Å². The zero-order chi connectivity index (χ0) is 19.0. The number of hydrogen-bond acceptors (Lipinski definition) is 3. The summed E-state index contributed by atoms with van der Waals surface area (Å²) >= 11 is 0. The summed E-state index contributed by atoms with van der Waals surface area (Å²) in [6, 6.07) is 17.0. The van der Waals surface area contributed by atoms with Gasteiger partial charge >= 0.3 is 0 Å². The van der Waals surface area contributed by atoms with Crippen LogP contribution in [0.3, 0.4) is 0 Å². The lowest BCUT2D eigenvalue weighted by atomic mass is 10.1. The molecule has 0 bridgehead atoms. The van der Waals surface area contributed by atoms with Crippen molar-refractivity contribution in [1.29, 1.82) is 0 Å². The molecule has 0 radical (unpaired) electrons. The van der Waals surface area contributed by atoms with Crippen molar-refractivity contribution in [3.63, 3.8) is 0 Å². The van der Waals surface area contributed by atoms with E-state index in [2.05, 4.69) is 15.4 Å². The number of benzene rings is 2. The maximum Gasteiger partial charge on any atom is 0.257 e. The third kappa shape index (κ3) is 3.29. The summed E-state index contributed by atoms with van der Waals surface area (Å²) in [7, 11) is 0. The maximum atomic E-state index is 13.2. The molecule has 0 fully saturated rings. The summed E-state index contributed by atoms with van der Waals surface area (Å²) in [5, 5.41) is 8.11. The van der Waals surface area contributed by atoms with E-state index in [1.807, 2.05) is 38.1 Å². The van der Waals surface area contributed by atoms with Crippen LogP contribution in [0.1, 0.15) is 21.7 Å². The van der Waals surface area contributed by atoms with Gasteiger partial charge in [-0.1, -0.05) is 18.2 Å². The van der Waals surface area contributed by atoms with Crippen molar-refractivity contribution in [1.82, 2.24) is 14.8 Å². The highest BCUT2D eigenvalue weighted by Crippen LogP contribution is 2.22. The molecule has 0 saturated heterocycles. The summed E-state index contributed by atoms with van der Waals surface area (Å²) < 4.78 is 14.8. The second kappa shape index (κ2) is 6.64. The van der Waals surface area contributed by atoms with Crippen LogP contribution >= 0.6 is 0 Å². The van der Waals surface area contributed by atoms with Crippen molar-refractivity contribution in [3.05, 3.63) is 83.4 Å². The smallest absolute Gasteiger partial charge is 0.257 e. The molecule has 1 N–H and O–H groups in total. The number of aryl methyl sites for hydroxylation is 2. The topological polar surface area (TPSA) is 59.8 Å². The number of halogens is 1. The van der Waals surface area contributed by atoms with Crippen LogP contribution in [-0.2, 0) is 0 Å². The molecular formula is C21H17FN4O. The highest BCUT2D eigenvalue weighted by atomic mass is 19.1. The zero-order valence-electron chi connectivity index (χ0n) is 14.9. The van der Waals surface area contributed by atoms with Gasteiger partial charge in [-0.25, -0.2) is 9.07 Å². The molecule has 2 aromatic carbocycles. The average molecular weight is 360 g/mol. The van der Waals surface area contributed by atoms with Gasteiger partial charge in [-0.15, -0.1) is 0 Å². The van der Waals surface area contributed by atoms with Gasteiger partial charge in [0, 0.05) is 17.1 Å². The van der Waals surface area contributed by atoms with Gasteiger partial charge in [-0.3, -0.25) is 9.78 Å². The molecule has 4 aromatic rings. The third-order valence-corrected chi connectivity index (χ3v) is 4.23. The van der Waals surface area contributed by atoms with E-state index in [1.165, 1.54) is 12.1 Å². The van der Waals surface area contributed by atoms with Crippen LogP contribution in [0.4, 0.5) is 10.2 Å². The highest BCUT2D eigenvalue weighted by molar-refractivity contribution is 6.12.